The van der Waals surface area contributed by atoms with Crippen molar-refractivity contribution in [2.45, 2.75) is 98.9 Å². The highest BCUT2D eigenvalue weighted by atomic mass is 32.3. The molecule has 0 aromatic rings. The molecule has 0 aliphatic heterocycles. The fraction of sp³-hybridized carbons (Fsp3) is 0.742. The second-order valence-corrected chi connectivity index (χ2v) is 14.7. The molecule has 0 radical (unpaired) electrons. The molecule has 6 nitrogen and oxygen atoms in total. The minimum absolute atomic E-state index is 0.0146. The van der Waals surface area contributed by atoms with Gasteiger partial charge < -0.3 is 9.84 Å². The fourth-order valence-corrected chi connectivity index (χ4v) is 9.24. The molecule has 4 aliphatic rings. The molecule has 4 rings (SSSR count). The van der Waals surface area contributed by atoms with Gasteiger partial charge in [-0.1, -0.05) is 78.8 Å². The summed E-state index contributed by atoms with van der Waals surface area (Å²) in [5.74, 6) is 1.48. The molecular weight excluding hydrogens is 500 g/mol. The lowest BCUT2D eigenvalue weighted by Gasteiger charge is -2.60. The van der Waals surface area contributed by atoms with Gasteiger partial charge in [0.15, 0.2) is 0 Å². The van der Waals surface area contributed by atoms with Crippen molar-refractivity contribution < 1.29 is 27.0 Å². The van der Waals surface area contributed by atoms with Crippen LogP contribution in [0.2, 0.25) is 0 Å². The number of aliphatic hydroxyl groups is 1. The van der Waals surface area contributed by atoms with E-state index >= 15 is 0 Å². The van der Waals surface area contributed by atoms with E-state index in [2.05, 4.69) is 59.4 Å². The molecule has 0 aromatic carbocycles. The largest absolute Gasteiger partial charge is 0.397 e. The van der Waals surface area contributed by atoms with Crippen molar-refractivity contribution in [1.29, 1.82) is 0 Å². The maximum atomic E-state index is 11.6. The van der Waals surface area contributed by atoms with Crippen molar-refractivity contribution in [2.75, 3.05) is 7.11 Å². The lowest BCUT2D eigenvalue weighted by Crippen LogP contribution is -2.60. The number of ether oxygens (including phenoxy) is 1. The summed E-state index contributed by atoms with van der Waals surface area (Å²) in [6.07, 6.45) is 9.12. The second-order valence-electron chi connectivity index (χ2n) is 13.7. The Morgan fingerprint density at radius 2 is 1.79 bits per heavy atom. The van der Waals surface area contributed by atoms with Gasteiger partial charge in [-0.05, 0) is 83.3 Å². The molecular formula is C31H48O6S. The Hall–Kier alpha value is -1.25. The first-order valence-corrected chi connectivity index (χ1v) is 15.5. The molecule has 2 N–H and O–H groups in total. The monoisotopic (exact) mass is 548 g/mol. The first-order chi connectivity index (χ1) is 17.5. The Kier molecular flexibility index (Phi) is 7.81. The van der Waals surface area contributed by atoms with Gasteiger partial charge in [-0.2, -0.15) is 8.42 Å². The average molecular weight is 549 g/mol. The molecule has 0 spiro atoms. The molecule has 0 saturated heterocycles. The standard InChI is InChI=1S/C31H48O6S/c1-18(2)19(3)10-11-20(4)22-13-14-23-21-12-15-26-29(5,6)28(37-38(33,34)35)25(32)17-30(26,7)24(21)16-27(36-9)31(22,23)8/h12,14,16,18,20,22,25-28,32H,3,10-11,13,15,17H2,1-2,4-9H3,(H,33,34,35)/t20?,22-,25-,26+,27+,28+,30-,31-/m1/s1. The SMILES string of the molecule is C=C(CCC(C)[C@H]1CC=C2C3=CC[C@H]4C(C)(C)[C@@H](OS(=O)(=O)O)[C@H](O)C[C@]4(C)C3=C[C@H](OC)[C@@]21C)C(C)C. The van der Waals surface area contributed by atoms with E-state index in [0.717, 1.165) is 25.7 Å². The van der Waals surface area contributed by atoms with E-state index in [-0.39, 0.29) is 17.4 Å². The van der Waals surface area contributed by atoms with Crippen LogP contribution in [-0.2, 0) is 19.3 Å². The number of allylic oxidation sites excluding steroid dienone is 5. The molecule has 1 unspecified atom stereocenters. The predicted octanol–water partition coefficient (Wildman–Crippen LogP) is 6.45. The van der Waals surface area contributed by atoms with Gasteiger partial charge in [0.1, 0.15) is 6.10 Å². The van der Waals surface area contributed by atoms with Gasteiger partial charge >= 0.3 is 10.4 Å². The Morgan fingerprint density at radius 1 is 1.13 bits per heavy atom. The molecule has 7 heteroatoms. The zero-order valence-electron chi connectivity index (χ0n) is 24.5. The van der Waals surface area contributed by atoms with Crippen LogP contribution in [0.15, 0.2) is 47.1 Å². The Morgan fingerprint density at radius 3 is 2.37 bits per heavy atom. The van der Waals surface area contributed by atoms with Gasteiger partial charge in [-0.15, -0.1) is 0 Å². The van der Waals surface area contributed by atoms with Crippen LogP contribution >= 0.6 is 0 Å². The van der Waals surface area contributed by atoms with Gasteiger partial charge in [0.2, 0.25) is 0 Å². The Balaban J connectivity index is 1.70. The summed E-state index contributed by atoms with van der Waals surface area (Å²) < 4.78 is 43.9. The highest BCUT2D eigenvalue weighted by Crippen LogP contribution is 2.66. The van der Waals surface area contributed by atoms with Gasteiger partial charge in [0, 0.05) is 12.5 Å². The maximum absolute atomic E-state index is 11.6. The predicted molar refractivity (Wildman–Crippen MR) is 151 cm³/mol. The van der Waals surface area contributed by atoms with Crippen molar-refractivity contribution in [3.8, 4) is 0 Å². The van der Waals surface area contributed by atoms with E-state index in [4.69, 9.17) is 8.92 Å². The molecule has 0 bridgehead atoms. The van der Waals surface area contributed by atoms with Gasteiger partial charge in [0.25, 0.3) is 0 Å². The van der Waals surface area contributed by atoms with Crippen molar-refractivity contribution in [1.82, 2.24) is 0 Å². The lowest BCUT2D eigenvalue weighted by molar-refractivity contribution is -0.139. The van der Waals surface area contributed by atoms with Crippen LogP contribution < -0.4 is 0 Å². The van der Waals surface area contributed by atoms with Gasteiger partial charge in [-0.3, -0.25) is 4.55 Å². The third kappa shape index (κ3) is 4.70. The van der Waals surface area contributed by atoms with Crippen LogP contribution in [0.3, 0.4) is 0 Å². The topological polar surface area (TPSA) is 93.1 Å². The molecule has 0 aromatic heterocycles. The lowest BCUT2D eigenvalue weighted by atomic mass is 9.46. The van der Waals surface area contributed by atoms with Crippen LogP contribution in [0.25, 0.3) is 0 Å². The number of methoxy groups -OCH3 is 1. The van der Waals surface area contributed by atoms with Crippen molar-refractivity contribution in [2.24, 2.45) is 39.9 Å². The van der Waals surface area contributed by atoms with E-state index in [1.807, 2.05) is 13.8 Å². The van der Waals surface area contributed by atoms with E-state index in [1.165, 1.54) is 22.3 Å². The van der Waals surface area contributed by atoms with Crippen LogP contribution in [0.1, 0.15) is 80.6 Å². The summed E-state index contributed by atoms with van der Waals surface area (Å²) in [5, 5.41) is 11.2. The Labute approximate surface area is 230 Å². The average Bonchev–Trinajstić information content (AvgIpc) is 3.16. The minimum Gasteiger partial charge on any atom is -0.390 e. The maximum Gasteiger partial charge on any atom is 0.397 e. The Bertz CT molecular complexity index is 1160. The van der Waals surface area contributed by atoms with Crippen molar-refractivity contribution >= 4 is 10.4 Å². The summed E-state index contributed by atoms with van der Waals surface area (Å²) in [7, 11) is -2.91. The van der Waals surface area contributed by atoms with Gasteiger partial charge in [-0.25, -0.2) is 4.18 Å². The van der Waals surface area contributed by atoms with E-state index in [0.29, 0.717) is 24.2 Å². The first kappa shape index (κ1) is 29.7. The summed E-state index contributed by atoms with van der Waals surface area (Å²) >= 11 is 0. The molecule has 1 saturated carbocycles. The molecule has 4 aliphatic carbocycles. The van der Waals surface area contributed by atoms with E-state index in [1.54, 1.807) is 7.11 Å². The molecule has 1 fully saturated rings. The number of hydrogen-bond acceptors (Lipinski definition) is 5. The highest BCUT2D eigenvalue weighted by molar-refractivity contribution is 7.80. The molecule has 0 amide bonds. The zero-order chi connectivity index (χ0) is 28.4. The number of fused-ring (bicyclic) bond motifs is 5. The number of rotatable bonds is 8. The third-order valence-electron chi connectivity index (χ3n) is 10.9. The molecule has 214 valence electrons. The normalized spacial score (nSPS) is 38.9. The smallest absolute Gasteiger partial charge is 0.390 e. The van der Waals surface area contributed by atoms with Crippen LogP contribution in [0.5, 0.6) is 0 Å². The summed E-state index contributed by atoms with van der Waals surface area (Å²) in [6, 6.07) is 0. The molecule has 38 heavy (non-hydrogen) atoms. The summed E-state index contributed by atoms with van der Waals surface area (Å²) in [5.41, 5.74) is 3.86. The van der Waals surface area contributed by atoms with Crippen LogP contribution in [-0.4, -0.2) is 43.5 Å². The quantitative estimate of drug-likeness (QED) is 0.267. The number of aliphatic hydroxyl groups excluding tert-OH is 1. The van der Waals surface area contributed by atoms with Crippen molar-refractivity contribution in [3.63, 3.8) is 0 Å². The first-order valence-electron chi connectivity index (χ1n) is 14.2. The van der Waals surface area contributed by atoms with Gasteiger partial charge in [0.05, 0.1) is 12.2 Å². The molecule has 8 atom stereocenters. The fourth-order valence-electron chi connectivity index (χ4n) is 8.61. The second kappa shape index (κ2) is 9.99. The van der Waals surface area contributed by atoms with Crippen LogP contribution in [0.4, 0.5) is 0 Å². The third-order valence-corrected chi connectivity index (χ3v) is 11.3. The zero-order valence-corrected chi connectivity index (χ0v) is 25.3. The minimum atomic E-state index is -4.70. The highest BCUT2D eigenvalue weighted by Gasteiger charge is 2.62. The van der Waals surface area contributed by atoms with Crippen LogP contribution in [0, 0.1) is 39.9 Å². The van der Waals surface area contributed by atoms with E-state index in [9.17, 15) is 18.1 Å². The summed E-state index contributed by atoms with van der Waals surface area (Å²) in [4.78, 5) is 0. The van der Waals surface area contributed by atoms with Crippen molar-refractivity contribution in [3.05, 3.63) is 47.1 Å². The summed E-state index contributed by atoms with van der Waals surface area (Å²) in [6.45, 7) is 19.5. The van der Waals surface area contributed by atoms with E-state index < -0.39 is 33.4 Å². The number of hydrogen-bond donors (Lipinski definition) is 2. The molecule has 0 heterocycles.